The van der Waals surface area contributed by atoms with Gasteiger partial charge in [-0.3, -0.25) is 4.79 Å². The van der Waals surface area contributed by atoms with E-state index in [1.165, 1.54) is 0 Å². The fraction of sp³-hybridized carbons (Fsp3) is 0.562. The SMILES string of the molecule is CC(N)C1CCCCN1C(=O)CCc1nc(-c2ccco2)no1.Cl. The molecule has 0 bridgehead atoms. The summed E-state index contributed by atoms with van der Waals surface area (Å²) < 4.78 is 10.4. The van der Waals surface area contributed by atoms with Crippen molar-refractivity contribution >= 4 is 18.3 Å². The average molecular weight is 355 g/mol. The van der Waals surface area contributed by atoms with Crippen LogP contribution >= 0.6 is 12.4 Å². The Morgan fingerprint density at radius 1 is 1.50 bits per heavy atom. The molecule has 0 radical (unpaired) electrons. The Balaban J connectivity index is 0.00000208. The molecule has 0 aromatic carbocycles. The summed E-state index contributed by atoms with van der Waals surface area (Å²) in [6, 6.07) is 3.66. The lowest BCUT2D eigenvalue weighted by molar-refractivity contribution is -0.135. The summed E-state index contributed by atoms with van der Waals surface area (Å²) in [7, 11) is 0. The molecule has 1 aliphatic rings. The van der Waals surface area contributed by atoms with Crippen molar-refractivity contribution in [3.05, 3.63) is 24.3 Å². The van der Waals surface area contributed by atoms with Crippen LogP contribution in [0.15, 0.2) is 27.3 Å². The third-order valence-electron chi connectivity index (χ3n) is 4.24. The quantitative estimate of drug-likeness (QED) is 0.885. The van der Waals surface area contributed by atoms with E-state index in [-0.39, 0.29) is 30.4 Å². The van der Waals surface area contributed by atoms with E-state index in [1.807, 2.05) is 11.8 Å². The van der Waals surface area contributed by atoms with E-state index in [9.17, 15) is 4.79 Å². The number of aromatic nitrogens is 2. The number of nitrogens with zero attached hydrogens (tertiary/aromatic N) is 3. The summed E-state index contributed by atoms with van der Waals surface area (Å²) in [4.78, 5) is 18.7. The van der Waals surface area contributed by atoms with Crippen LogP contribution in [0.3, 0.4) is 0 Å². The predicted octanol–water partition coefficient (Wildman–Crippen LogP) is 2.41. The van der Waals surface area contributed by atoms with Gasteiger partial charge < -0.3 is 19.6 Å². The number of nitrogens with two attached hydrogens (primary N) is 1. The van der Waals surface area contributed by atoms with E-state index in [0.29, 0.717) is 30.3 Å². The number of hydrogen-bond donors (Lipinski definition) is 1. The lowest BCUT2D eigenvalue weighted by Crippen LogP contribution is -2.51. The van der Waals surface area contributed by atoms with Crippen molar-refractivity contribution in [3.8, 4) is 11.6 Å². The summed E-state index contributed by atoms with van der Waals surface area (Å²) >= 11 is 0. The van der Waals surface area contributed by atoms with Crippen molar-refractivity contribution in [2.45, 2.75) is 51.1 Å². The van der Waals surface area contributed by atoms with Crippen molar-refractivity contribution < 1.29 is 13.7 Å². The molecule has 8 heteroatoms. The molecular formula is C16H23ClN4O3. The van der Waals surface area contributed by atoms with Crippen molar-refractivity contribution in [1.29, 1.82) is 0 Å². The van der Waals surface area contributed by atoms with E-state index < -0.39 is 0 Å². The normalized spacial score (nSPS) is 18.9. The molecule has 1 saturated heterocycles. The van der Waals surface area contributed by atoms with Gasteiger partial charge in [0.1, 0.15) is 0 Å². The number of halogens is 1. The number of furan rings is 1. The topological polar surface area (TPSA) is 98.4 Å². The molecule has 0 aliphatic carbocycles. The molecule has 0 saturated carbocycles. The second-order valence-corrected chi connectivity index (χ2v) is 6.00. The Morgan fingerprint density at radius 2 is 2.33 bits per heavy atom. The van der Waals surface area contributed by atoms with Gasteiger partial charge in [0.05, 0.1) is 6.26 Å². The molecule has 7 nitrogen and oxygen atoms in total. The molecule has 1 fully saturated rings. The minimum absolute atomic E-state index is 0. The van der Waals surface area contributed by atoms with Crippen LogP contribution in [0.2, 0.25) is 0 Å². The van der Waals surface area contributed by atoms with E-state index in [4.69, 9.17) is 14.7 Å². The van der Waals surface area contributed by atoms with Crippen molar-refractivity contribution in [3.63, 3.8) is 0 Å². The number of rotatable bonds is 5. The zero-order valence-electron chi connectivity index (χ0n) is 13.7. The molecule has 3 rings (SSSR count). The molecule has 2 N–H and O–H groups in total. The highest BCUT2D eigenvalue weighted by molar-refractivity contribution is 5.85. The summed E-state index contributed by atoms with van der Waals surface area (Å²) in [6.07, 6.45) is 5.48. The van der Waals surface area contributed by atoms with Gasteiger partial charge in [-0.25, -0.2) is 0 Å². The first kappa shape index (κ1) is 18.5. The largest absolute Gasteiger partial charge is 0.461 e. The van der Waals surface area contributed by atoms with Gasteiger partial charge in [0.2, 0.25) is 17.6 Å². The van der Waals surface area contributed by atoms with Gasteiger partial charge in [0.25, 0.3) is 0 Å². The second-order valence-electron chi connectivity index (χ2n) is 6.00. The van der Waals surface area contributed by atoms with Gasteiger partial charge in [-0.1, -0.05) is 5.16 Å². The first-order valence-corrected chi connectivity index (χ1v) is 8.06. The fourth-order valence-corrected chi connectivity index (χ4v) is 3.03. The van der Waals surface area contributed by atoms with Crippen LogP contribution in [0.4, 0.5) is 0 Å². The Bertz CT molecular complexity index is 642. The van der Waals surface area contributed by atoms with Gasteiger partial charge in [-0.15, -0.1) is 12.4 Å². The molecule has 0 spiro atoms. The number of hydrogen-bond acceptors (Lipinski definition) is 6. The van der Waals surface area contributed by atoms with Crippen molar-refractivity contribution in [1.82, 2.24) is 15.0 Å². The summed E-state index contributed by atoms with van der Waals surface area (Å²) in [5, 5.41) is 3.87. The van der Waals surface area contributed by atoms with Gasteiger partial charge >= 0.3 is 0 Å². The molecule has 2 aromatic heterocycles. The fourth-order valence-electron chi connectivity index (χ4n) is 3.03. The van der Waals surface area contributed by atoms with Gasteiger partial charge in [-0.05, 0) is 38.3 Å². The van der Waals surface area contributed by atoms with Crippen LogP contribution in [0, 0.1) is 0 Å². The second kappa shape index (κ2) is 8.30. The number of carbonyl (C=O) groups is 1. The van der Waals surface area contributed by atoms with Gasteiger partial charge in [0.15, 0.2) is 5.76 Å². The third kappa shape index (κ3) is 4.15. The van der Waals surface area contributed by atoms with Crippen LogP contribution in [-0.2, 0) is 11.2 Å². The zero-order valence-corrected chi connectivity index (χ0v) is 14.5. The number of piperidine rings is 1. The Kier molecular flexibility index (Phi) is 6.39. The minimum atomic E-state index is -0.00629. The molecule has 132 valence electrons. The maximum Gasteiger partial charge on any atom is 0.238 e. The molecule has 2 aromatic rings. The highest BCUT2D eigenvalue weighted by Gasteiger charge is 2.29. The molecular weight excluding hydrogens is 332 g/mol. The van der Waals surface area contributed by atoms with E-state index in [1.54, 1.807) is 18.4 Å². The highest BCUT2D eigenvalue weighted by Crippen LogP contribution is 2.21. The van der Waals surface area contributed by atoms with Gasteiger partial charge in [-0.2, -0.15) is 4.98 Å². The first-order valence-electron chi connectivity index (χ1n) is 8.06. The predicted molar refractivity (Wildman–Crippen MR) is 90.6 cm³/mol. The molecule has 24 heavy (non-hydrogen) atoms. The maximum absolute atomic E-state index is 12.5. The number of likely N-dealkylation sites (tertiary alicyclic amines) is 1. The monoisotopic (exact) mass is 354 g/mol. The number of amides is 1. The van der Waals surface area contributed by atoms with Crippen LogP contribution in [0.25, 0.3) is 11.6 Å². The van der Waals surface area contributed by atoms with Crippen LogP contribution in [0.1, 0.15) is 38.5 Å². The summed E-state index contributed by atoms with van der Waals surface area (Å²) in [5.41, 5.74) is 6.01. The lowest BCUT2D eigenvalue weighted by Gasteiger charge is -2.38. The molecule has 2 atom stereocenters. The maximum atomic E-state index is 12.5. The molecule has 2 unspecified atom stereocenters. The van der Waals surface area contributed by atoms with E-state index >= 15 is 0 Å². The Hall–Kier alpha value is -1.86. The molecule has 1 aliphatic heterocycles. The average Bonchev–Trinajstić information content (AvgIpc) is 3.23. The summed E-state index contributed by atoms with van der Waals surface area (Å²) in [6.45, 7) is 2.75. The van der Waals surface area contributed by atoms with E-state index in [2.05, 4.69) is 10.1 Å². The first-order chi connectivity index (χ1) is 11.1. The van der Waals surface area contributed by atoms with Crippen molar-refractivity contribution in [2.75, 3.05) is 6.54 Å². The Morgan fingerprint density at radius 3 is 3.04 bits per heavy atom. The zero-order chi connectivity index (χ0) is 16.2. The standard InChI is InChI=1S/C16H22N4O3.ClH/c1-11(17)12-5-2-3-9-20(12)15(21)8-7-14-18-16(19-23-14)13-6-4-10-22-13;/h4,6,10-12H,2-3,5,7-9,17H2,1H3;1H. The van der Waals surface area contributed by atoms with Crippen LogP contribution in [0.5, 0.6) is 0 Å². The van der Waals surface area contributed by atoms with Gasteiger partial charge in [0, 0.05) is 31.5 Å². The van der Waals surface area contributed by atoms with E-state index in [0.717, 1.165) is 25.8 Å². The highest BCUT2D eigenvalue weighted by atomic mass is 35.5. The Labute approximate surface area is 147 Å². The number of aryl methyl sites for hydroxylation is 1. The van der Waals surface area contributed by atoms with Crippen molar-refractivity contribution in [2.24, 2.45) is 5.73 Å². The van der Waals surface area contributed by atoms with Crippen LogP contribution in [-0.4, -0.2) is 39.6 Å². The van der Waals surface area contributed by atoms with Crippen LogP contribution < -0.4 is 5.73 Å². The lowest BCUT2D eigenvalue weighted by atomic mass is 9.96. The smallest absolute Gasteiger partial charge is 0.238 e. The number of carbonyl (C=O) groups excluding carboxylic acids is 1. The molecule has 3 heterocycles. The molecule has 1 amide bonds. The minimum Gasteiger partial charge on any atom is -0.461 e. The third-order valence-corrected chi connectivity index (χ3v) is 4.24. The summed E-state index contributed by atoms with van der Waals surface area (Å²) in [5.74, 6) is 1.51.